The predicted molar refractivity (Wildman–Crippen MR) is 63.3 cm³/mol. The Labute approximate surface area is 97.9 Å². The lowest BCUT2D eigenvalue weighted by Crippen LogP contribution is -2.15. The first-order valence-corrected chi connectivity index (χ1v) is 5.31. The van der Waals surface area contributed by atoms with Crippen molar-refractivity contribution in [3.8, 4) is 0 Å². The fourth-order valence-corrected chi connectivity index (χ4v) is 1.78. The Morgan fingerprint density at radius 3 is 2.71 bits per heavy atom. The normalized spacial score (nSPS) is 12.8. The van der Waals surface area contributed by atoms with Gasteiger partial charge >= 0.3 is 0 Å². The maximum Gasteiger partial charge on any atom is 0.163 e. The van der Waals surface area contributed by atoms with Gasteiger partial charge in [-0.15, -0.1) is 10.2 Å². The van der Waals surface area contributed by atoms with E-state index in [1.807, 2.05) is 30.3 Å². The van der Waals surface area contributed by atoms with Gasteiger partial charge in [0.2, 0.25) is 0 Å². The highest BCUT2D eigenvalue weighted by molar-refractivity contribution is 5.37. The van der Waals surface area contributed by atoms with Crippen LogP contribution in [-0.4, -0.2) is 19.6 Å². The molecule has 0 bridgehead atoms. The zero-order valence-corrected chi connectivity index (χ0v) is 9.06. The summed E-state index contributed by atoms with van der Waals surface area (Å²) in [5, 5.41) is 8.18. The Balaban J connectivity index is 2.10. The van der Waals surface area contributed by atoms with Gasteiger partial charge in [0, 0.05) is 12.3 Å². The van der Waals surface area contributed by atoms with Crippen molar-refractivity contribution in [1.82, 2.24) is 19.6 Å². The molecular weight excluding hydrogens is 214 g/mol. The van der Waals surface area contributed by atoms with Crippen molar-refractivity contribution in [3.63, 3.8) is 0 Å². The topological polar surface area (TPSA) is 69.1 Å². The summed E-state index contributed by atoms with van der Waals surface area (Å²) in [5.74, 6) is 0.694. The molecule has 2 aromatic heterocycles. The van der Waals surface area contributed by atoms with Gasteiger partial charge in [-0.25, -0.2) is 4.98 Å². The average molecular weight is 225 g/mol. The largest absolute Gasteiger partial charge is 0.318 e. The molecule has 5 heteroatoms. The molecule has 84 valence electrons. The van der Waals surface area contributed by atoms with E-state index in [9.17, 15) is 0 Å². The van der Waals surface area contributed by atoms with Gasteiger partial charge in [-0.1, -0.05) is 30.3 Å². The van der Waals surface area contributed by atoms with Gasteiger partial charge < -0.3 is 5.73 Å². The number of nitrogens with two attached hydrogens (primary N) is 1. The minimum absolute atomic E-state index is 0.296. The molecule has 2 N–H and O–H groups in total. The highest BCUT2D eigenvalue weighted by atomic mass is 15.3. The summed E-state index contributed by atoms with van der Waals surface area (Å²) in [5.41, 5.74) is 7.93. The third kappa shape index (κ3) is 1.66. The summed E-state index contributed by atoms with van der Waals surface area (Å²) in [7, 11) is 0. The van der Waals surface area contributed by atoms with Gasteiger partial charge in [0.25, 0.3) is 0 Å². The Bertz CT molecular complexity index is 631. The van der Waals surface area contributed by atoms with E-state index in [-0.39, 0.29) is 6.04 Å². The van der Waals surface area contributed by atoms with E-state index in [2.05, 4.69) is 15.2 Å². The van der Waals surface area contributed by atoms with Crippen LogP contribution in [0.4, 0.5) is 0 Å². The van der Waals surface area contributed by atoms with Crippen LogP contribution >= 0.6 is 0 Å². The molecule has 0 aliphatic carbocycles. The fraction of sp³-hybridized carbons (Fsp3) is 0.0833. The summed E-state index contributed by atoms with van der Waals surface area (Å²) >= 11 is 0. The van der Waals surface area contributed by atoms with E-state index in [4.69, 9.17) is 5.73 Å². The molecule has 0 saturated heterocycles. The SMILES string of the molecule is NC(c1ccccc1)c1nnc2ccncn12. The minimum atomic E-state index is -0.296. The van der Waals surface area contributed by atoms with E-state index >= 15 is 0 Å². The van der Waals surface area contributed by atoms with Gasteiger partial charge in [0.15, 0.2) is 11.5 Å². The van der Waals surface area contributed by atoms with Gasteiger partial charge in [0.05, 0.1) is 6.04 Å². The zero-order valence-electron chi connectivity index (χ0n) is 9.06. The van der Waals surface area contributed by atoms with Crippen LogP contribution in [0.25, 0.3) is 5.65 Å². The summed E-state index contributed by atoms with van der Waals surface area (Å²) in [6.07, 6.45) is 3.36. The second-order valence-corrected chi connectivity index (χ2v) is 3.76. The van der Waals surface area contributed by atoms with Crippen molar-refractivity contribution >= 4 is 5.65 Å². The molecule has 0 radical (unpaired) electrons. The van der Waals surface area contributed by atoms with Crippen molar-refractivity contribution in [2.24, 2.45) is 5.73 Å². The van der Waals surface area contributed by atoms with Gasteiger partial charge in [-0.2, -0.15) is 0 Å². The number of rotatable bonds is 2. The van der Waals surface area contributed by atoms with Gasteiger partial charge in [0.1, 0.15) is 6.33 Å². The number of benzene rings is 1. The van der Waals surface area contributed by atoms with Crippen LogP contribution in [0.5, 0.6) is 0 Å². The molecule has 5 nitrogen and oxygen atoms in total. The molecule has 1 atom stereocenters. The van der Waals surface area contributed by atoms with Crippen LogP contribution in [0.3, 0.4) is 0 Å². The molecule has 3 aromatic rings. The van der Waals surface area contributed by atoms with E-state index < -0.39 is 0 Å². The second kappa shape index (κ2) is 3.95. The molecule has 0 aliphatic heterocycles. The van der Waals surface area contributed by atoms with E-state index in [1.54, 1.807) is 23.0 Å². The minimum Gasteiger partial charge on any atom is -0.318 e. The first kappa shape index (κ1) is 9.92. The van der Waals surface area contributed by atoms with E-state index in [0.717, 1.165) is 11.2 Å². The molecule has 0 saturated carbocycles. The van der Waals surface area contributed by atoms with Crippen molar-refractivity contribution in [1.29, 1.82) is 0 Å². The van der Waals surface area contributed by atoms with Crippen LogP contribution in [0.1, 0.15) is 17.4 Å². The maximum absolute atomic E-state index is 6.18. The summed E-state index contributed by atoms with van der Waals surface area (Å²) in [4.78, 5) is 4.05. The molecule has 17 heavy (non-hydrogen) atoms. The highest BCUT2D eigenvalue weighted by Gasteiger charge is 2.15. The number of fused-ring (bicyclic) bond motifs is 1. The number of nitrogens with zero attached hydrogens (tertiary/aromatic N) is 4. The number of hydrogen-bond donors (Lipinski definition) is 1. The number of aromatic nitrogens is 4. The van der Waals surface area contributed by atoms with Crippen molar-refractivity contribution in [2.75, 3.05) is 0 Å². The Morgan fingerprint density at radius 1 is 1.06 bits per heavy atom. The molecule has 0 fully saturated rings. The van der Waals surface area contributed by atoms with Crippen LogP contribution in [0.2, 0.25) is 0 Å². The molecule has 0 spiro atoms. The molecule has 1 unspecified atom stereocenters. The van der Waals surface area contributed by atoms with Crippen LogP contribution in [0.15, 0.2) is 48.9 Å². The molecule has 0 amide bonds. The Kier molecular flexibility index (Phi) is 2.31. The summed E-state index contributed by atoms with van der Waals surface area (Å²) < 4.78 is 1.80. The molecule has 1 aromatic carbocycles. The fourth-order valence-electron chi connectivity index (χ4n) is 1.78. The van der Waals surface area contributed by atoms with Crippen LogP contribution < -0.4 is 5.73 Å². The van der Waals surface area contributed by atoms with Crippen LogP contribution in [-0.2, 0) is 0 Å². The first-order chi connectivity index (χ1) is 8.36. The Morgan fingerprint density at radius 2 is 1.88 bits per heavy atom. The first-order valence-electron chi connectivity index (χ1n) is 5.31. The van der Waals surface area contributed by atoms with Gasteiger partial charge in [-0.05, 0) is 5.56 Å². The van der Waals surface area contributed by atoms with E-state index in [1.165, 1.54) is 0 Å². The number of hydrogen-bond acceptors (Lipinski definition) is 4. The third-order valence-electron chi connectivity index (χ3n) is 2.68. The van der Waals surface area contributed by atoms with E-state index in [0.29, 0.717) is 5.82 Å². The van der Waals surface area contributed by atoms with Crippen molar-refractivity contribution < 1.29 is 0 Å². The second-order valence-electron chi connectivity index (χ2n) is 3.76. The highest BCUT2D eigenvalue weighted by Crippen LogP contribution is 2.17. The molecule has 3 rings (SSSR count). The third-order valence-corrected chi connectivity index (χ3v) is 2.68. The monoisotopic (exact) mass is 225 g/mol. The molecular formula is C12H11N5. The van der Waals surface area contributed by atoms with Crippen LogP contribution in [0, 0.1) is 0 Å². The smallest absolute Gasteiger partial charge is 0.163 e. The average Bonchev–Trinajstić information content (AvgIpc) is 2.83. The Hall–Kier alpha value is -2.27. The quantitative estimate of drug-likeness (QED) is 0.710. The van der Waals surface area contributed by atoms with Gasteiger partial charge in [-0.3, -0.25) is 4.40 Å². The van der Waals surface area contributed by atoms with Crippen molar-refractivity contribution in [3.05, 3.63) is 60.3 Å². The lowest BCUT2D eigenvalue weighted by molar-refractivity contribution is 0.761. The zero-order chi connectivity index (χ0) is 11.7. The standard InChI is InChI=1S/C12H11N5/c13-11(9-4-2-1-3-5-9)12-16-15-10-6-7-14-8-17(10)12/h1-8,11H,13H2. The summed E-state index contributed by atoms with van der Waals surface area (Å²) in [6.45, 7) is 0. The lowest BCUT2D eigenvalue weighted by Gasteiger charge is -2.09. The predicted octanol–water partition coefficient (Wildman–Crippen LogP) is 1.17. The summed E-state index contributed by atoms with van der Waals surface area (Å²) in [6, 6.07) is 11.3. The van der Waals surface area contributed by atoms with Crippen molar-refractivity contribution in [2.45, 2.75) is 6.04 Å². The molecule has 0 aliphatic rings. The molecule has 2 heterocycles. The lowest BCUT2D eigenvalue weighted by atomic mass is 10.1. The maximum atomic E-state index is 6.18.